The third-order valence-corrected chi connectivity index (χ3v) is 5.51. The predicted molar refractivity (Wildman–Crippen MR) is 138 cm³/mol. The van der Waals surface area contributed by atoms with Crippen LogP contribution in [0.1, 0.15) is 12.5 Å². The molecule has 9 heteroatoms. The van der Waals surface area contributed by atoms with Crippen LogP contribution in [0.15, 0.2) is 65.1 Å². The average molecular weight is 501 g/mol. The Morgan fingerprint density at radius 1 is 1.00 bits per heavy atom. The first-order chi connectivity index (χ1) is 17.9. The second kappa shape index (κ2) is 11.2. The highest BCUT2D eigenvalue weighted by atomic mass is 16.5. The molecule has 0 radical (unpaired) electrons. The van der Waals surface area contributed by atoms with Crippen molar-refractivity contribution in [2.45, 2.75) is 13.0 Å². The molecule has 1 aromatic heterocycles. The van der Waals surface area contributed by atoms with E-state index in [9.17, 15) is 9.59 Å². The lowest BCUT2D eigenvalue weighted by molar-refractivity contribution is -0.148. The fourth-order valence-corrected chi connectivity index (χ4v) is 3.70. The van der Waals surface area contributed by atoms with Gasteiger partial charge in [0.25, 0.3) is 5.91 Å². The number of methoxy groups -OCH3 is 2. The standard InChI is InChI=1S/C28H24N2O7/c1-17(36-27(31)11-9-18-8-10-23(35-13-12-29)26(14-18)34-3)28(32)30-21-16-24-20(15-25(21)33-2)19-6-4-5-7-22(19)37-24/h4-11,14-17H,13H2,1-3H3,(H,30,32)/b11-9+. The number of hydrogen-bond donors (Lipinski definition) is 1. The van der Waals surface area contributed by atoms with E-state index in [0.29, 0.717) is 34.1 Å². The van der Waals surface area contributed by atoms with Gasteiger partial charge in [-0.25, -0.2) is 4.79 Å². The van der Waals surface area contributed by atoms with Gasteiger partial charge in [0.15, 0.2) is 24.2 Å². The Bertz CT molecular complexity index is 1530. The fraction of sp³-hybridized carbons (Fsp3) is 0.179. The Kier molecular flexibility index (Phi) is 7.59. The summed E-state index contributed by atoms with van der Waals surface area (Å²) in [6.07, 6.45) is 1.64. The number of ether oxygens (including phenoxy) is 4. The van der Waals surface area contributed by atoms with Crippen LogP contribution < -0.4 is 19.5 Å². The Balaban J connectivity index is 1.42. The number of hydrogen-bond acceptors (Lipinski definition) is 8. The maximum atomic E-state index is 12.8. The first-order valence-electron chi connectivity index (χ1n) is 11.3. The highest BCUT2D eigenvalue weighted by molar-refractivity contribution is 6.08. The number of fused-ring (bicyclic) bond motifs is 3. The monoisotopic (exact) mass is 500 g/mol. The van der Waals surface area contributed by atoms with Gasteiger partial charge in [0.1, 0.15) is 23.0 Å². The quantitative estimate of drug-likeness (QED) is 0.249. The summed E-state index contributed by atoms with van der Waals surface area (Å²) in [6.45, 7) is 1.35. The molecule has 0 saturated heterocycles. The van der Waals surface area contributed by atoms with E-state index in [-0.39, 0.29) is 6.61 Å². The number of amides is 1. The van der Waals surface area contributed by atoms with Crippen molar-refractivity contribution in [2.24, 2.45) is 0 Å². The van der Waals surface area contributed by atoms with E-state index < -0.39 is 18.0 Å². The zero-order valence-electron chi connectivity index (χ0n) is 20.4. The van der Waals surface area contributed by atoms with Gasteiger partial charge in [-0.1, -0.05) is 24.3 Å². The lowest BCUT2D eigenvalue weighted by atomic mass is 10.1. The van der Waals surface area contributed by atoms with Crippen LogP contribution in [-0.4, -0.2) is 38.8 Å². The summed E-state index contributed by atoms with van der Waals surface area (Å²) < 4.78 is 27.1. The lowest BCUT2D eigenvalue weighted by Gasteiger charge is -2.14. The minimum Gasteiger partial charge on any atom is -0.495 e. The summed E-state index contributed by atoms with van der Waals surface area (Å²) in [5.41, 5.74) is 2.34. The molecule has 9 nitrogen and oxygen atoms in total. The number of furan rings is 1. The van der Waals surface area contributed by atoms with Crippen molar-refractivity contribution in [2.75, 3.05) is 26.1 Å². The van der Waals surface area contributed by atoms with Gasteiger partial charge in [0.2, 0.25) is 0 Å². The second-order valence-corrected chi connectivity index (χ2v) is 7.91. The molecule has 1 N–H and O–H groups in total. The summed E-state index contributed by atoms with van der Waals surface area (Å²) in [4.78, 5) is 25.1. The van der Waals surface area contributed by atoms with Gasteiger partial charge < -0.3 is 28.7 Å². The van der Waals surface area contributed by atoms with Crippen molar-refractivity contribution in [3.05, 3.63) is 66.2 Å². The molecule has 0 fully saturated rings. The lowest BCUT2D eigenvalue weighted by Crippen LogP contribution is -2.29. The Morgan fingerprint density at radius 3 is 2.54 bits per heavy atom. The summed E-state index contributed by atoms with van der Waals surface area (Å²) in [7, 11) is 2.97. The minimum atomic E-state index is -1.08. The molecule has 0 spiro atoms. The third kappa shape index (κ3) is 5.65. The number of esters is 1. The zero-order chi connectivity index (χ0) is 26.4. The van der Waals surface area contributed by atoms with Crippen LogP contribution >= 0.6 is 0 Å². The Hall–Kier alpha value is -4.97. The maximum absolute atomic E-state index is 12.8. The van der Waals surface area contributed by atoms with Crippen LogP contribution in [0.2, 0.25) is 0 Å². The van der Waals surface area contributed by atoms with Crippen LogP contribution in [0.4, 0.5) is 5.69 Å². The van der Waals surface area contributed by atoms with Gasteiger partial charge in [-0.15, -0.1) is 0 Å². The normalized spacial score (nSPS) is 11.7. The fourth-order valence-electron chi connectivity index (χ4n) is 3.70. The van der Waals surface area contributed by atoms with Crippen molar-refractivity contribution in [1.82, 2.24) is 0 Å². The topological polar surface area (TPSA) is 120 Å². The molecule has 0 bridgehead atoms. The molecule has 0 aliphatic carbocycles. The van der Waals surface area contributed by atoms with E-state index in [1.807, 2.05) is 30.3 Å². The van der Waals surface area contributed by atoms with Gasteiger partial charge in [-0.3, -0.25) is 4.79 Å². The first-order valence-corrected chi connectivity index (χ1v) is 11.3. The van der Waals surface area contributed by atoms with Crippen LogP contribution in [-0.2, 0) is 14.3 Å². The van der Waals surface area contributed by atoms with Crippen molar-refractivity contribution in [3.8, 4) is 23.3 Å². The number of anilines is 1. The highest BCUT2D eigenvalue weighted by Crippen LogP contribution is 2.36. The Labute approximate surface area is 212 Å². The average Bonchev–Trinajstić information content (AvgIpc) is 3.27. The van der Waals surface area contributed by atoms with E-state index in [4.69, 9.17) is 28.6 Å². The van der Waals surface area contributed by atoms with Gasteiger partial charge in [-0.2, -0.15) is 5.26 Å². The molecule has 0 aliphatic heterocycles. The van der Waals surface area contributed by atoms with E-state index in [1.165, 1.54) is 33.3 Å². The molecule has 1 unspecified atom stereocenters. The minimum absolute atomic E-state index is 0.115. The summed E-state index contributed by atoms with van der Waals surface area (Å²) in [5, 5.41) is 13.2. The van der Waals surface area contributed by atoms with Gasteiger partial charge in [0.05, 0.1) is 19.9 Å². The second-order valence-electron chi connectivity index (χ2n) is 7.91. The van der Waals surface area contributed by atoms with Crippen molar-refractivity contribution < 1.29 is 33.0 Å². The molecule has 4 rings (SSSR count). The van der Waals surface area contributed by atoms with Crippen molar-refractivity contribution in [1.29, 1.82) is 5.26 Å². The van der Waals surface area contributed by atoms with Crippen LogP contribution in [0.25, 0.3) is 28.0 Å². The molecule has 1 heterocycles. The number of benzene rings is 3. The van der Waals surface area contributed by atoms with E-state index in [1.54, 1.807) is 30.3 Å². The van der Waals surface area contributed by atoms with Crippen molar-refractivity contribution >= 4 is 45.6 Å². The predicted octanol–water partition coefficient (Wildman–Crippen LogP) is 5.09. The van der Waals surface area contributed by atoms with E-state index >= 15 is 0 Å². The number of carbonyl (C=O) groups is 2. The molecule has 188 valence electrons. The number of rotatable bonds is 9. The largest absolute Gasteiger partial charge is 0.495 e. The van der Waals surface area contributed by atoms with Crippen molar-refractivity contribution in [3.63, 3.8) is 0 Å². The molecular formula is C28H24N2O7. The SMILES string of the molecule is COc1cc2c(cc1NC(=O)C(C)OC(=O)/C=C/c1ccc(OCC#N)c(OC)c1)oc1ccccc12. The van der Waals surface area contributed by atoms with Crippen LogP contribution in [0.5, 0.6) is 17.2 Å². The third-order valence-electron chi connectivity index (χ3n) is 5.51. The van der Waals surface area contributed by atoms with Crippen LogP contribution in [0.3, 0.4) is 0 Å². The number of nitrogens with one attached hydrogen (secondary N) is 1. The number of nitriles is 1. The van der Waals surface area contributed by atoms with E-state index in [2.05, 4.69) is 5.32 Å². The number of para-hydroxylation sites is 1. The van der Waals surface area contributed by atoms with Gasteiger partial charge in [0, 0.05) is 22.9 Å². The molecule has 3 aromatic carbocycles. The maximum Gasteiger partial charge on any atom is 0.331 e. The summed E-state index contributed by atoms with van der Waals surface area (Å²) >= 11 is 0. The van der Waals surface area contributed by atoms with Crippen LogP contribution in [0, 0.1) is 11.3 Å². The van der Waals surface area contributed by atoms with E-state index in [0.717, 1.165) is 16.4 Å². The van der Waals surface area contributed by atoms with Gasteiger partial charge in [-0.05, 0) is 42.8 Å². The number of nitrogens with zero attached hydrogens (tertiary/aromatic N) is 1. The molecule has 37 heavy (non-hydrogen) atoms. The molecule has 1 atom stereocenters. The smallest absolute Gasteiger partial charge is 0.331 e. The summed E-state index contributed by atoms with van der Waals surface area (Å²) in [6, 6.07) is 17.9. The van der Waals surface area contributed by atoms with Gasteiger partial charge >= 0.3 is 5.97 Å². The molecular weight excluding hydrogens is 476 g/mol. The zero-order valence-corrected chi connectivity index (χ0v) is 20.4. The molecule has 0 saturated carbocycles. The molecule has 0 aliphatic rings. The highest BCUT2D eigenvalue weighted by Gasteiger charge is 2.20. The molecule has 1 amide bonds. The summed E-state index contributed by atoms with van der Waals surface area (Å²) in [5.74, 6) is 0.0310. The molecule has 4 aromatic rings. The number of carbonyl (C=O) groups excluding carboxylic acids is 2. The Morgan fingerprint density at radius 2 is 1.78 bits per heavy atom. The first kappa shape index (κ1) is 25.1.